The molecule has 1 N–H and O–H groups in total. The van der Waals surface area contributed by atoms with Gasteiger partial charge >= 0.3 is 0 Å². The van der Waals surface area contributed by atoms with Crippen LogP contribution in [0.2, 0.25) is 0 Å². The number of hydrogen-bond acceptors (Lipinski definition) is 6. The average molecular weight is 429 g/mol. The maximum Gasteiger partial charge on any atom is 0.120 e. The first kappa shape index (κ1) is 19.7. The SMILES string of the molecule is CN1CCCN(Cc2cc(-c3c(-c4ccccc4)ssc3=S)ccc2O)CC1. The van der Waals surface area contributed by atoms with Crippen molar-refractivity contribution in [2.75, 3.05) is 33.2 Å². The summed E-state index contributed by atoms with van der Waals surface area (Å²) in [6.45, 7) is 5.08. The largest absolute Gasteiger partial charge is 0.508 e. The molecule has 1 aliphatic heterocycles. The zero-order chi connectivity index (χ0) is 19.5. The summed E-state index contributed by atoms with van der Waals surface area (Å²) in [6, 6.07) is 16.4. The van der Waals surface area contributed by atoms with Gasteiger partial charge in [-0.05, 0) is 49.8 Å². The molecule has 0 saturated carbocycles. The minimum absolute atomic E-state index is 0.368. The number of phenolic OH excluding ortho intramolecular Hbond substituents is 1. The highest BCUT2D eigenvalue weighted by molar-refractivity contribution is 7.80. The summed E-state index contributed by atoms with van der Waals surface area (Å²) in [4.78, 5) is 6.02. The van der Waals surface area contributed by atoms with Crippen molar-refractivity contribution < 1.29 is 5.11 Å². The Morgan fingerprint density at radius 3 is 2.61 bits per heavy atom. The fourth-order valence-corrected chi connectivity index (χ4v) is 6.57. The van der Waals surface area contributed by atoms with Crippen LogP contribution in [0.4, 0.5) is 0 Å². The smallest absolute Gasteiger partial charge is 0.120 e. The van der Waals surface area contributed by atoms with Crippen molar-refractivity contribution in [3.63, 3.8) is 0 Å². The van der Waals surface area contributed by atoms with E-state index in [9.17, 15) is 5.11 Å². The lowest BCUT2D eigenvalue weighted by atomic mass is 10.0. The maximum atomic E-state index is 10.5. The second kappa shape index (κ2) is 8.84. The molecule has 0 spiro atoms. The van der Waals surface area contributed by atoms with E-state index in [1.807, 2.05) is 18.2 Å². The van der Waals surface area contributed by atoms with Crippen LogP contribution in [0.3, 0.4) is 0 Å². The van der Waals surface area contributed by atoms with Gasteiger partial charge in [0.2, 0.25) is 0 Å². The third-order valence-corrected chi connectivity index (χ3v) is 8.31. The van der Waals surface area contributed by atoms with Gasteiger partial charge in [0.15, 0.2) is 0 Å². The normalized spacial score (nSPS) is 16.2. The van der Waals surface area contributed by atoms with E-state index in [2.05, 4.69) is 47.2 Å². The van der Waals surface area contributed by atoms with Crippen molar-refractivity contribution in [1.82, 2.24) is 9.80 Å². The summed E-state index contributed by atoms with van der Waals surface area (Å²) < 4.78 is 0.914. The monoisotopic (exact) mass is 428 g/mol. The van der Waals surface area contributed by atoms with Crippen LogP contribution >= 0.6 is 32.9 Å². The molecule has 1 fully saturated rings. The molecule has 6 heteroatoms. The Balaban J connectivity index is 1.67. The van der Waals surface area contributed by atoms with Crippen LogP contribution in [0.5, 0.6) is 5.75 Å². The third-order valence-electron chi connectivity index (χ3n) is 5.24. The Morgan fingerprint density at radius 2 is 1.79 bits per heavy atom. The summed E-state index contributed by atoms with van der Waals surface area (Å²) in [6.07, 6.45) is 1.16. The van der Waals surface area contributed by atoms with E-state index >= 15 is 0 Å². The fourth-order valence-electron chi connectivity index (χ4n) is 3.65. The first-order valence-corrected chi connectivity index (χ1v) is 12.1. The number of benzene rings is 2. The van der Waals surface area contributed by atoms with Crippen LogP contribution in [0.1, 0.15) is 12.0 Å². The number of rotatable bonds is 4. The molecule has 4 rings (SSSR count). The number of nitrogens with zero attached hydrogens (tertiary/aromatic N) is 2. The average Bonchev–Trinajstić information content (AvgIpc) is 2.97. The molecule has 2 aromatic carbocycles. The highest BCUT2D eigenvalue weighted by Gasteiger charge is 2.17. The molecule has 3 nitrogen and oxygen atoms in total. The predicted octanol–water partition coefficient (Wildman–Crippen LogP) is 5.72. The Labute approximate surface area is 178 Å². The zero-order valence-electron chi connectivity index (χ0n) is 15.9. The van der Waals surface area contributed by atoms with Crippen molar-refractivity contribution >= 4 is 32.9 Å². The first-order chi connectivity index (χ1) is 13.6. The number of aromatic hydroxyl groups is 1. The molecule has 1 saturated heterocycles. The van der Waals surface area contributed by atoms with Crippen molar-refractivity contribution in [1.29, 1.82) is 0 Å². The second-order valence-electron chi connectivity index (χ2n) is 7.30. The molecule has 3 aromatic rings. The molecule has 2 heterocycles. The quantitative estimate of drug-likeness (QED) is 0.425. The predicted molar refractivity (Wildman–Crippen MR) is 123 cm³/mol. The molecule has 1 aromatic heterocycles. The minimum atomic E-state index is 0.368. The van der Waals surface area contributed by atoms with E-state index in [-0.39, 0.29) is 0 Å². The fraction of sp³-hybridized carbons (Fsp3) is 0.318. The van der Waals surface area contributed by atoms with Gasteiger partial charge in [-0.25, -0.2) is 0 Å². The van der Waals surface area contributed by atoms with E-state index in [0.717, 1.165) is 59.7 Å². The molecule has 1 aliphatic rings. The molecule has 0 amide bonds. The van der Waals surface area contributed by atoms with Crippen LogP contribution in [-0.4, -0.2) is 48.1 Å². The van der Waals surface area contributed by atoms with Crippen molar-refractivity contribution in [3.05, 3.63) is 57.9 Å². The van der Waals surface area contributed by atoms with Crippen molar-refractivity contribution in [3.8, 4) is 27.3 Å². The van der Waals surface area contributed by atoms with Gasteiger partial charge in [0.05, 0.1) is 4.88 Å². The van der Waals surface area contributed by atoms with Gasteiger partial charge in [-0.2, -0.15) is 0 Å². The van der Waals surface area contributed by atoms with E-state index < -0.39 is 0 Å². The van der Waals surface area contributed by atoms with Gasteiger partial charge in [-0.15, -0.1) is 0 Å². The number of likely N-dealkylation sites (N-methyl/N-ethyl adjacent to an activating group) is 1. The highest BCUT2D eigenvalue weighted by atomic mass is 32.9. The lowest BCUT2D eigenvalue weighted by molar-refractivity contribution is 0.266. The van der Waals surface area contributed by atoms with Crippen LogP contribution in [0.25, 0.3) is 21.6 Å². The molecule has 0 aliphatic carbocycles. The first-order valence-electron chi connectivity index (χ1n) is 9.53. The molecule has 146 valence electrons. The van der Waals surface area contributed by atoms with Crippen LogP contribution in [0.15, 0.2) is 48.5 Å². The number of phenols is 1. The number of hydrogen-bond donors (Lipinski definition) is 1. The van der Waals surface area contributed by atoms with Crippen LogP contribution in [0, 0.1) is 3.82 Å². The van der Waals surface area contributed by atoms with E-state index in [0.29, 0.717) is 5.75 Å². The third kappa shape index (κ3) is 4.36. The standard InChI is InChI=1S/C22H24N2OS3/c1-23-10-5-11-24(13-12-23)15-18-14-17(8-9-19(18)25)20-21(27-28-22(20)26)16-6-3-2-4-7-16/h2-4,6-9,14,25H,5,10-13,15H2,1H3. The van der Waals surface area contributed by atoms with E-state index in [4.69, 9.17) is 12.2 Å². The summed E-state index contributed by atoms with van der Waals surface area (Å²) in [5.41, 5.74) is 4.39. The zero-order valence-corrected chi connectivity index (χ0v) is 18.4. The van der Waals surface area contributed by atoms with Gasteiger partial charge in [0.25, 0.3) is 0 Å². The second-order valence-corrected chi connectivity index (χ2v) is 10.1. The van der Waals surface area contributed by atoms with Gasteiger partial charge in [0, 0.05) is 30.8 Å². The summed E-state index contributed by atoms with van der Waals surface area (Å²) >= 11 is 5.67. The molecule has 0 atom stereocenters. The van der Waals surface area contributed by atoms with Gasteiger partial charge in [-0.3, -0.25) is 4.90 Å². The van der Waals surface area contributed by atoms with Gasteiger partial charge in [0.1, 0.15) is 9.57 Å². The maximum absolute atomic E-state index is 10.5. The summed E-state index contributed by atoms with van der Waals surface area (Å²) in [5, 5.41) is 10.5. The lowest BCUT2D eigenvalue weighted by Crippen LogP contribution is -2.28. The van der Waals surface area contributed by atoms with E-state index in [1.165, 1.54) is 10.4 Å². The topological polar surface area (TPSA) is 26.7 Å². The van der Waals surface area contributed by atoms with Gasteiger partial charge in [-0.1, -0.05) is 69.3 Å². The summed E-state index contributed by atoms with van der Waals surface area (Å²) in [5.74, 6) is 0.368. The Hall–Kier alpha value is -1.57. The van der Waals surface area contributed by atoms with Gasteiger partial charge < -0.3 is 10.0 Å². The van der Waals surface area contributed by atoms with Crippen LogP contribution in [-0.2, 0) is 6.54 Å². The Bertz CT molecular complexity index is 997. The van der Waals surface area contributed by atoms with Crippen molar-refractivity contribution in [2.24, 2.45) is 0 Å². The summed E-state index contributed by atoms with van der Waals surface area (Å²) in [7, 11) is 5.56. The minimum Gasteiger partial charge on any atom is -0.508 e. The van der Waals surface area contributed by atoms with Crippen LogP contribution < -0.4 is 0 Å². The molecule has 28 heavy (non-hydrogen) atoms. The molecule has 0 radical (unpaired) electrons. The highest BCUT2D eigenvalue weighted by Crippen LogP contribution is 2.42. The Morgan fingerprint density at radius 1 is 0.964 bits per heavy atom. The molecular formula is C22H24N2OS3. The molecule has 0 bridgehead atoms. The molecular weight excluding hydrogens is 404 g/mol. The lowest BCUT2D eigenvalue weighted by Gasteiger charge is -2.21. The van der Waals surface area contributed by atoms with Crippen molar-refractivity contribution in [2.45, 2.75) is 13.0 Å². The van der Waals surface area contributed by atoms with E-state index in [1.54, 1.807) is 20.7 Å². The Kier molecular flexibility index (Phi) is 6.23. The molecule has 0 unspecified atom stereocenters.